The highest BCUT2D eigenvalue weighted by Gasteiger charge is 2.13. The van der Waals surface area contributed by atoms with Crippen molar-refractivity contribution in [3.63, 3.8) is 0 Å². The first-order chi connectivity index (χ1) is 12.9. The molecule has 0 fully saturated rings. The molecule has 1 amide bonds. The number of aryl methyl sites for hydroxylation is 1. The van der Waals surface area contributed by atoms with Crippen LogP contribution in [0.4, 0.5) is 4.39 Å². The van der Waals surface area contributed by atoms with E-state index in [2.05, 4.69) is 15.5 Å². The summed E-state index contributed by atoms with van der Waals surface area (Å²) in [6.07, 6.45) is 0.242. The van der Waals surface area contributed by atoms with Crippen LogP contribution in [-0.4, -0.2) is 20.7 Å². The number of carbonyl (C=O) groups is 1. The standard InChI is InChI=1S/C20H21FN4OS/c1-13-5-3-7-16(11-13)19-23-24-20(27)25(19)10-9-18(26)22-14(2)15-6-4-8-17(21)12-15/h3-8,11-12,14H,9-10H2,1-2H3,(H,22,26)(H,24,27). The number of hydrogen-bond donors (Lipinski definition) is 2. The van der Waals surface area contributed by atoms with Gasteiger partial charge in [0.25, 0.3) is 0 Å². The number of nitrogens with one attached hydrogen (secondary N) is 2. The fraction of sp³-hybridized carbons (Fsp3) is 0.250. The molecule has 0 aliphatic carbocycles. The van der Waals surface area contributed by atoms with Crippen LogP contribution in [0.3, 0.4) is 0 Å². The van der Waals surface area contributed by atoms with Gasteiger partial charge in [-0.05, 0) is 49.8 Å². The van der Waals surface area contributed by atoms with Crippen molar-refractivity contribution in [2.45, 2.75) is 32.9 Å². The summed E-state index contributed by atoms with van der Waals surface area (Å²) in [5.74, 6) is 0.251. The number of carbonyl (C=O) groups excluding carboxylic acids is 1. The second-order valence-corrected chi connectivity index (χ2v) is 6.85. The Kier molecular flexibility index (Phi) is 5.81. The first-order valence-corrected chi connectivity index (χ1v) is 9.12. The van der Waals surface area contributed by atoms with Crippen molar-refractivity contribution in [1.82, 2.24) is 20.1 Å². The summed E-state index contributed by atoms with van der Waals surface area (Å²) in [6, 6.07) is 13.9. The molecule has 0 aliphatic rings. The first-order valence-electron chi connectivity index (χ1n) is 8.71. The largest absolute Gasteiger partial charge is 0.350 e. The van der Waals surface area contributed by atoms with Crippen LogP contribution in [0.5, 0.6) is 0 Å². The number of halogens is 1. The quantitative estimate of drug-likeness (QED) is 0.622. The lowest BCUT2D eigenvalue weighted by molar-refractivity contribution is -0.121. The van der Waals surface area contributed by atoms with Gasteiger partial charge in [0.1, 0.15) is 5.82 Å². The summed E-state index contributed by atoms with van der Waals surface area (Å²) >= 11 is 5.31. The summed E-state index contributed by atoms with van der Waals surface area (Å²) in [6.45, 7) is 4.24. The minimum absolute atomic E-state index is 0.134. The van der Waals surface area contributed by atoms with Gasteiger partial charge >= 0.3 is 0 Å². The van der Waals surface area contributed by atoms with E-state index in [9.17, 15) is 9.18 Å². The van der Waals surface area contributed by atoms with Crippen molar-refractivity contribution in [3.8, 4) is 11.4 Å². The van der Waals surface area contributed by atoms with E-state index in [0.717, 1.165) is 16.7 Å². The molecule has 1 aromatic heterocycles. The van der Waals surface area contributed by atoms with E-state index in [1.165, 1.54) is 12.1 Å². The lowest BCUT2D eigenvalue weighted by Gasteiger charge is -2.15. The van der Waals surface area contributed by atoms with E-state index in [4.69, 9.17) is 12.2 Å². The maximum atomic E-state index is 13.3. The Bertz CT molecular complexity index is 1010. The molecule has 1 unspecified atom stereocenters. The SMILES string of the molecule is Cc1cccc(-c2n[nH]c(=S)n2CCC(=O)NC(C)c2cccc(F)c2)c1. The molecule has 0 saturated heterocycles. The zero-order valence-electron chi connectivity index (χ0n) is 15.2. The van der Waals surface area contributed by atoms with Gasteiger partial charge in [0, 0.05) is 18.5 Å². The van der Waals surface area contributed by atoms with Crippen molar-refractivity contribution in [2.75, 3.05) is 0 Å². The zero-order chi connectivity index (χ0) is 19.4. The molecule has 2 aromatic carbocycles. The predicted octanol–water partition coefficient (Wildman–Crippen LogP) is 4.32. The van der Waals surface area contributed by atoms with E-state index in [-0.39, 0.29) is 24.2 Å². The summed E-state index contributed by atoms with van der Waals surface area (Å²) in [5, 5.41) is 9.98. The summed E-state index contributed by atoms with van der Waals surface area (Å²) in [7, 11) is 0. The van der Waals surface area contributed by atoms with Gasteiger partial charge in [-0.3, -0.25) is 14.5 Å². The molecular weight excluding hydrogens is 363 g/mol. The minimum Gasteiger partial charge on any atom is -0.350 e. The van der Waals surface area contributed by atoms with Gasteiger partial charge in [-0.2, -0.15) is 5.10 Å². The van der Waals surface area contributed by atoms with Crippen LogP contribution in [0.25, 0.3) is 11.4 Å². The van der Waals surface area contributed by atoms with Crippen LogP contribution in [0, 0.1) is 17.5 Å². The van der Waals surface area contributed by atoms with Gasteiger partial charge in [-0.25, -0.2) is 4.39 Å². The van der Waals surface area contributed by atoms with Crippen LogP contribution >= 0.6 is 12.2 Å². The topological polar surface area (TPSA) is 62.7 Å². The van der Waals surface area contributed by atoms with E-state index >= 15 is 0 Å². The van der Waals surface area contributed by atoms with Crippen molar-refractivity contribution in [3.05, 3.63) is 70.2 Å². The monoisotopic (exact) mass is 384 g/mol. The highest BCUT2D eigenvalue weighted by molar-refractivity contribution is 7.71. The highest BCUT2D eigenvalue weighted by Crippen LogP contribution is 2.19. The van der Waals surface area contributed by atoms with Crippen LogP contribution < -0.4 is 5.32 Å². The summed E-state index contributed by atoms with van der Waals surface area (Å²) in [4.78, 5) is 12.3. The fourth-order valence-electron chi connectivity index (χ4n) is 2.92. The molecule has 140 valence electrons. The number of H-pyrrole nitrogens is 1. The molecular formula is C20H21FN4OS. The number of rotatable bonds is 6. The normalized spacial score (nSPS) is 12.0. The van der Waals surface area contributed by atoms with E-state index in [1.54, 1.807) is 12.1 Å². The van der Waals surface area contributed by atoms with E-state index in [1.807, 2.05) is 42.7 Å². The number of aromatic nitrogens is 3. The molecule has 5 nitrogen and oxygen atoms in total. The Hall–Kier alpha value is -2.80. The van der Waals surface area contributed by atoms with Crippen molar-refractivity contribution in [1.29, 1.82) is 0 Å². The zero-order valence-corrected chi connectivity index (χ0v) is 16.0. The van der Waals surface area contributed by atoms with Crippen molar-refractivity contribution >= 4 is 18.1 Å². The number of nitrogens with zero attached hydrogens (tertiary/aromatic N) is 2. The van der Waals surface area contributed by atoms with Gasteiger partial charge in [0.05, 0.1) is 6.04 Å². The maximum Gasteiger partial charge on any atom is 0.222 e. The van der Waals surface area contributed by atoms with Gasteiger partial charge in [0.15, 0.2) is 10.6 Å². The lowest BCUT2D eigenvalue weighted by Crippen LogP contribution is -2.27. The average molecular weight is 384 g/mol. The van der Waals surface area contributed by atoms with Crippen molar-refractivity contribution in [2.24, 2.45) is 0 Å². The second-order valence-electron chi connectivity index (χ2n) is 6.47. The first kappa shape index (κ1) is 19.0. The molecule has 1 atom stereocenters. The fourth-order valence-corrected chi connectivity index (χ4v) is 3.14. The Labute approximate surface area is 162 Å². The van der Waals surface area contributed by atoms with Gasteiger partial charge in [-0.15, -0.1) is 0 Å². The Balaban J connectivity index is 1.67. The smallest absolute Gasteiger partial charge is 0.222 e. The average Bonchev–Trinajstić information content (AvgIpc) is 3.00. The number of benzene rings is 2. The lowest BCUT2D eigenvalue weighted by atomic mass is 10.1. The molecule has 27 heavy (non-hydrogen) atoms. The number of aromatic amines is 1. The molecule has 0 saturated carbocycles. The minimum atomic E-state index is -0.318. The third kappa shape index (κ3) is 4.68. The maximum absolute atomic E-state index is 13.3. The Morgan fingerprint density at radius 3 is 2.81 bits per heavy atom. The van der Waals surface area contributed by atoms with Crippen LogP contribution in [0.15, 0.2) is 48.5 Å². The highest BCUT2D eigenvalue weighted by atomic mass is 32.1. The molecule has 2 N–H and O–H groups in total. The molecule has 0 spiro atoms. The molecule has 0 radical (unpaired) electrons. The number of hydrogen-bond acceptors (Lipinski definition) is 3. The third-order valence-corrected chi connectivity index (χ3v) is 4.63. The molecule has 7 heteroatoms. The molecule has 1 heterocycles. The van der Waals surface area contributed by atoms with E-state index in [0.29, 0.717) is 17.1 Å². The van der Waals surface area contributed by atoms with Gasteiger partial charge < -0.3 is 5.32 Å². The molecule has 0 bridgehead atoms. The predicted molar refractivity (Wildman–Crippen MR) is 105 cm³/mol. The van der Waals surface area contributed by atoms with E-state index < -0.39 is 0 Å². The van der Waals surface area contributed by atoms with Crippen LogP contribution in [0.2, 0.25) is 0 Å². The molecule has 0 aliphatic heterocycles. The summed E-state index contributed by atoms with van der Waals surface area (Å²) < 4.78 is 15.6. The number of amides is 1. The van der Waals surface area contributed by atoms with Crippen LogP contribution in [-0.2, 0) is 11.3 Å². The Morgan fingerprint density at radius 1 is 1.30 bits per heavy atom. The summed E-state index contributed by atoms with van der Waals surface area (Å²) in [5.41, 5.74) is 2.79. The molecule has 3 aromatic rings. The van der Waals surface area contributed by atoms with Gasteiger partial charge in [0.2, 0.25) is 5.91 Å². The van der Waals surface area contributed by atoms with Crippen molar-refractivity contribution < 1.29 is 9.18 Å². The van der Waals surface area contributed by atoms with Gasteiger partial charge in [-0.1, -0.05) is 35.9 Å². The molecule has 3 rings (SSSR count). The van der Waals surface area contributed by atoms with Crippen LogP contribution in [0.1, 0.15) is 30.5 Å². The Morgan fingerprint density at radius 2 is 2.07 bits per heavy atom. The second kappa shape index (κ2) is 8.26. The third-order valence-electron chi connectivity index (χ3n) is 4.32.